The molecule has 0 radical (unpaired) electrons. The Hall–Kier alpha value is -2.95. The van der Waals surface area contributed by atoms with E-state index in [0.717, 1.165) is 16.9 Å². The molecule has 2 N–H and O–H groups in total. The van der Waals surface area contributed by atoms with Crippen LogP contribution in [0.5, 0.6) is 0 Å². The van der Waals surface area contributed by atoms with Crippen LogP contribution in [0, 0.1) is 13.8 Å². The quantitative estimate of drug-likeness (QED) is 0.680. The molecule has 0 bridgehead atoms. The van der Waals surface area contributed by atoms with Gasteiger partial charge in [-0.25, -0.2) is 0 Å². The lowest BCUT2D eigenvalue weighted by atomic mass is 10.0. The Balaban J connectivity index is 1.75. The first-order chi connectivity index (χ1) is 12.0. The zero-order valence-corrected chi connectivity index (χ0v) is 15.0. The number of anilines is 4. The maximum absolute atomic E-state index is 4.49. The summed E-state index contributed by atoms with van der Waals surface area (Å²) in [6.45, 7) is 8.50. The Kier molecular flexibility index (Phi) is 4.93. The van der Waals surface area contributed by atoms with Crippen molar-refractivity contribution in [2.45, 2.75) is 33.6 Å². The summed E-state index contributed by atoms with van der Waals surface area (Å²) >= 11 is 0. The minimum Gasteiger partial charge on any atom is -0.339 e. The van der Waals surface area contributed by atoms with Crippen LogP contribution in [-0.2, 0) is 0 Å². The summed E-state index contributed by atoms with van der Waals surface area (Å²) in [7, 11) is 0. The standard InChI is InChI=1S/C20H23N5/c1-13(2)16-6-8-17(9-7-16)22-20-24-19(12-21-25-20)23-18-10-5-14(3)11-15(18)4/h5-13H,1-4H3,(H2,22,23,24,25). The molecule has 1 aromatic heterocycles. The number of hydrogen-bond donors (Lipinski definition) is 2. The first-order valence-corrected chi connectivity index (χ1v) is 8.42. The van der Waals surface area contributed by atoms with Gasteiger partial charge in [0.15, 0.2) is 5.82 Å². The van der Waals surface area contributed by atoms with Crippen molar-refractivity contribution in [3.63, 3.8) is 0 Å². The van der Waals surface area contributed by atoms with Crippen LogP contribution in [0.4, 0.5) is 23.1 Å². The average molecular weight is 333 g/mol. The van der Waals surface area contributed by atoms with E-state index in [0.29, 0.717) is 17.7 Å². The van der Waals surface area contributed by atoms with Crippen molar-refractivity contribution in [1.29, 1.82) is 0 Å². The van der Waals surface area contributed by atoms with E-state index in [1.165, 1.54) is 11.1 Å². The number of hydrogen-bond acceptors (Lipinski definition) is 5. The van der Waals surface area contributed by atoms with Crippen LogP contribution in [0.2, 0.25) is 0 Å². The number of benzene rings is 2. The summed E-state index contributed by atoms with van der Waals surface area (Å²) in [6.07, 6.45) is 1.62. The summed E-state index contributed by atoms with van der Waals surface area (Å²) in [6, 6.07) is 14.5. The number of nitrogens with zero attached hydrogens (tertiary/aromatic N) is 3. The molecule has 0 saturated carbocycles. The molecule has 0 unspecified atom stereocenters. The highest BCUT2D eigenvalue weighted by Gasteiger charge is 2.05. The molecule has 0 spiro atoms. The van der Waals surface area contributed by atoms with Crippen molar-refractivity contribution in [1.82, 2.24) is 15.2 Å². The van der Waals surface area contributed by atoms with Crippen LogP contribution in [0.3, 0.4) is 0 Å². The molecule has 5 nitrogen and oxygen atoms in total. The molecule has 25 heavy (non-hydrogen) atoms. The number of rotatable bonds is 5. The Bertz CT molecular complexity index is 856. The Morgan fingerprint density at radius 2 is 1.68 bits per heavy atom. The molecule has 3 aromatic rings. The predicted molar refractivity (Wildman–Crippen MR) is 103 cm³/mol. The second-order valence-corrected chi connectivity index (χ2v) is 6.51. The molecule has 1 heterocycles. The van der Waals surface area contributed by atoms with Gasteiger partial charge in [-0.05, 0) is 49.1 Å². The molecular weight excluding hydrogens is 310 g/mol. The molecule has 0 amide bonds. The SMILES string of the molecule is Cc1ccc(Nc2cnnc(Nc3ccc(C(C)C)cc3)n2)c(C)c1. The zero-order valence-electron chi connectivity index (χ0n) is 15.0. The van der Waals surface area contributed by atoms with Crippen LogP contribution in [0.25, 0.3) is 0 Å². The first kappa shape index (κ1) is 16.9. The monoisotopic (exact) mass is 333 g/mol. The molecule has 3 rings (SSSR count). The van der Waals surface area contributed by atoms with Gasteiger partial charge in [-0.15, -0.1) is 5.10 Å². The van der Waals surface area contributed by atoms with E-state index in [4.69, 9.17) is 0 Å². The van der Waals surface area contributed by atoms with Crippen LogP contribution in [-0.4, -0.2) is 15.2 Å². The van der Waals surface area contributed by atoms with Gasteiger partial charge in [0.25, 0.3) is 0 Å². The summed E-state index contributed by atoms with van der Waals surface area (Å²) in [5.74, 6) is 1.63. The summed E-state index contributed by atoms with van der Waals surface area (Å²) in [4.78, 5) is 4.49. The van der Waals surface area contributed by atoms with Gasteiger partial charge in [0.1, 0.15) is 0 Å². The van der Waals surface area contributed by atoms with Gasteiger partial charge in [-0.2, -0.15) is 10.1 Å². The molecule has 0 aliphatic carbocycles. The van der Waals surface area contributed by atoms with Crippen LogP contribution >= 0.6 is 0 Å². The fourth-order valence-corrected chi connectivity index (χ4v) is 2.59. The van der Waals surface area contributed by atoms with E-state index in [-0.39, 0.29) is 0 Å². The molecule has 128 valence electrons. The van der Waals surface area contributed by atoms with E-state index in [2.05, 4.69) is 77.8 Å². The fraction of sp³-hybridized carbons (Fsp3) is 0.250. The Morgan fingerprint density at radius 3 is 2.36 bits per heavy atom. The fourth-order valence-electron chi connectivity index (χ4n) is 2.59. The molecule has 0 atom stereocenters. The van der Waals surface area contributed by atoms with Crippen molar-refractivity contribution < 1.29 is 0 Å². The molecule has 0 aliphatic rings. The second kappa shape index (κ2) is 7.30. The maximum Gasteiger partial charge on any atom is 0.249 e. The largest absolute Gasteiger partial charge is 0.339 e. The zero-order chi connectivity index (χ0) is 17.8. The topological polar surface area (TPSA) is 62.7 Å². The van der Waals surface area contributed by atoms with E-state index in [1.54, 1.807) is 6.20 Å². The second-order valence-electron chi connectivity index (χ2n) is 6.51. The van der Waals surface area contributed by atoms with Crippen molar-refractivity contribution >= 4 is 23.1 Å². The summed E-state index contributed by atoms with van der Waals surface area (Å²) in [5, 5.41) is 14.6. The van der Waals surface area contributed by atoms with Crippen LogP contribution < -0.4 is 10.6 Å². The maximum atomic E-state index is 4.49. The minimum absolute atomic E-state index is 0.465. The highest BCUT2D eigenvalue weighted by atomic mass is 15.3. The number of aromatic nitrogens is 3. The van der Waals surface area contributed by atoms with E-state index < -0.39 is 0 Å². The third-order valence-electron chi connectivity index (χ3n) is 4.04. The van der Waals surface area contributed by atoms with Crippen molar-refractivity contribution in [3.8, 4) is 0 Å². The van der Waals surface area contributed by atoms with E-state index >= 15 is 0 Å². The highest BCUT2D eigenvalue weighted by Crippen LogP contribution is 2.22. The third kappa shape index (κ3) is 4.32. The van der Waals surface area contributed by atoms with Crippen molar-refractivity contribution in [3.05, 3.63) is 65.4 Å². The van der Waals surface area contributed by atoms with E-state index in [9.17, 15) is 0 Å². The van der Waals surface area contributed by atoms with Crippen LogP contribution in [0.15, 0.2) is 48.7 Å². The molecule has 0 aliphatic heterocycles. The van der Waals surface area contributed by atoms with E-state index in [1.807, 2.05) is 18.2 Å². The molecule has 5 heteroatoms. The first-order valence-electron chi connectivity index (χ1n) is 8.42. The number of aryl methyl sites for hydroxylation is 2. The Labute approximate surface area is 148 Å². The van der Waals surface area contributed by atoms with Gasteiger partial charge < -0.3 is 10.6 Å². The lowest BCUT2D eigenvalue weighted by Crippen LogP contribution is -2.03. The number of nitrogens with one attached hydrogen (secondary N) is 2. The smallest absolute Gasteiger partial charge is 0.249 e. The van der Waals surface area contributed by atoms with Gasteiger partial charge in [0.05, 0.1) is 6.20 Å². The normalized spacial score (nSPS) is 10.8. The molecule has 0 saturated heterocycles. The van der Waals surface area contributed by atoms with Crippen molar-refractivity contribution in [2.75, 3.05) is 10.6 Å². The molecular formula is C20H23N5. The molecule has 2 aromatic carbocycles. The third-order valence-corrected chi connectivity index (χ3v) is 4.04. The van der Waals surface area contributed by atoms with Crippen molar-refractivity contribution in [2.24, 2.45) is 0 Å². The molecule has 0 fully saturated rings. The highest BCUT2D eigenvalue weighted by molar-refractivity contribution is 5.62. The minimum atomic E-state index is 0.465. The van der Waals surface area contributed by atoms with Gasteiger partial charge in [0, 0.05) is 11.4 Å². The van der Waals surface area contributed by atoms with Gasteiger partial charge in [-0.3, -0.25) is 0 Å². The van der Waals surface area contributed by atoms with Gasteiger partial charge in [0.2, 0.25) is 5.95 Å². The summed E-state index contributed by atoms with van der Waals surface area (Å²) < 4.78 is 0. The average Bonchev–Trinajstić information content (AvgIpc) is 2.58. The van der Waals surface area contributed by atoms with Gasteiger partial charge >= 0.3 is 0 Å². The van der Waals surface area contributed by atoms with Gasteiger partial charge in [-0.1, -0.05) is 43.7 Å². The van der Waals surface area contributed by atoms with Crippen LogP contribution in [0.1, 0.15) is 36.5 Å². The summed E-state index contributed by atoms with van der Waals surface area (Å²) in [5.41, 5.74) is 5.65. The lowest BCUT2D eigenvalue weighted by Gasteiger charge is -2.11. The lowest BCUT2D eigenvalue weighted by molar-refractivity contribution is 0.867. The predicted octanol–water partition coefficient (Wildman–Crippen LogP) is 5.10. The Morgan fingerprint density at radius 1 is 0.920 bits per heavy atom.